The van der Waals surface area contributed by atoms with Gasteiger partial charge in [-0.1, -0.05) is 54.6 Å². The van der Waals surface area contributed by atoms with Crippen LogP contribution in [0.25, 0.3) is 5.57 Å². The predicted molar refractivity (Wildman–Crippen MR) is 177 cm³/mol. The standard InChI is InChI=1S/C38H40F3N3O5/c39-30-17-18-31(40)37(36(30)41)49-19-5-8-24-11-13-26(14-12-24)29-20-27-22-43(33(45)9-4-10-34(46)47)23-32(42-27)35(29)38(48)44(28-15-16-28)21-25-6-2-1-3-7-25/h1-3,6-7,11-14,17-18,27-28,32,42H,4-5,8-10,15-16,19-23H2,(H,46,47)/t27-,32-/m1/s1. The highest BCUT2D eigenvalue weighted by molar-refractivity contribution is 6.03. The molecule has 2 amide bonds. The average molecular weight is 676 g/mol. The van der Waals surface area contributed by atoms with Crippen LogP contribution in [0.2, 0.25) is 0 Å². The van der Waals surface area contributed by atoms with Gasteiger partial charge in [0.1, 0.15) is 0 Å². The van der Waals surface area contributed by atoms with E-state index in [4.69, 9.17) is 9.84 Å². The van der Waals surface area contributed by atoms with Crippen LogP contribution in [0.15, 0.2) is 72.3 Å². The molecule has 8 nitrogen and oxygen atoms in total. The van der Waals surface area contributed by atoms with Crippen LogP contribution < -0.4 is 10.1 Å². The van der Waals surface area contributed by atoms with Crippen molar-refractivity contribution in [3.63, 3.8) is 0 Å². The molecule has 6 rings (SSSR count). The monoisotopic (exact) mass is 675 g/mol. The molecule has 0 radical (unpaired) electrons. The van der Waals surface area contributed by atoms with Crippen molar-refractivity contribution in [3.05, 3.63) is 106 Å². The van der Waals surface area contributed by atoms with Crippen molar-refractivity contribution in [1.29, 1.82) is 0 Å². The number of carbonyl (C=O) groups is 3. The molecular formula is C38H40F3N3O5. The highest BCUT2D eigenvalue weighted by Gasteiger charge is 2.43. The summed E-state index contributed by atoms with van der Waals surface area (Å²) in [5.74, 6) is -5.27. The molecule has 2 aliphatic heterocycles. The van der Waals surface area contributed by atoms with Crippen molar-refractivity contribution in [1.82, 2.24) is 15.1 Å². The Hall–Kier alpha value is -4.64. The normalized spacial score (nSPS) is 18.7. The highest BCUT2D eigenvalue weighted by Crippen LogP contribution is 2.37. The smallest absolute Gasteiger partial charge is 0.303 e. The summed E-state index contributed by atoms with van der Waals surface area (Å²) < 4.78 is 46.6. The lowest BCUT2D eigenvalue weighted by Crippen LogP contribution is -2.62. The Morgan fingerprint density at radius 1 is 0.878 bits per heavy atom. The second-order valence-corrected chi connectivity index (χ2v) is 13.0. The number of halogens is 3. The molecule has 0 spiro atoms. The first kappa shape index (κ1) is 34.2. The van der Waals surface area contributed by atoms with Gasteiger partial charge in [0.15, 0.2) is 17.4 Å². The number of ether oxygens (including phenoxy) is 1. The molecule has 0 unspecified atom stereocenters. The van der Waals surface area contributed by atoms with E-state index in [-0.39, 0.29) is 55.8 Å². The zero-order chi connectivity index (χ0) is 34.5. The molecule has 2 atom stereocenters. The number of carboxylic acids is 1. The van der Waals surface area contributed by atoms with Crippen molar-refractivity contribution in [2.24, 2.45) is 0 Å². The number of fused-ring (bicyclic) bond motifs is 2. The fourth-order valence-corrected chi connectivity index (χ4v) is 6.77. The quantitative estimate of drug-likeness (QED) is 0.164. The summed E-state index contributed by atoms with van der Waals surface area (Å²) in [6.45, 7) is 1.27. The van der Waals surface area contributed by atoms with Crippen molar-refractivity contribution in [2.45, 2.75) is 76.0 Å². The largest absolute Gasteiger partial charge is 0.488 e. The molecule has 2 N–H and O–H groups in total. The van der Waals surface area contributed by atoms with E-state index in [1.165, 1.54) is 0 Å². The van der Waals surface area contributed by atoms with Crippen LogP contribution in [-0.2, 0) is 27.3 Å². The van der Waals surface area contributed by atoms with Gasteiger partial charge in [0.2, 0.25) is 11.7 Å². The molecule has 3 aromatic rings. The summed E-state index contributed by atoms with van der Waals surface area (Å²) in [6, 6.07) is 19.0. The Balaban J connectivity index is 1.21. The number of nitrogens with zero attached hydrogens (tertiary/aromatic N) is 2. The van der Waals surface area contributed by atoms with Gasteiger partial charge in [0.05, 0.1) is 12.6 Å². The van der Waals surface area contributed by atoms with Gasteiger partial charge in [-0.3, -0.25) is 14.4 Å². The van der Waals surface area contributed by atoms with Gasteiger partial charge in [0.25, 0.3) is 5.91 Å². The van der Waals surface area contributed by atoms with E-state index in [1.54, 1.807) is 4.90 Å². The first-order valence-corrected chi connectivity index (χ1v) is 16.9. The highest BCUT2D eigenvalue weighted by atomic mass is 19.2. The fraction of sp³-hybridized carbons (Fsp3) is 0.395. The maximum Gasteiger partial charge on any atom is 0.303 e. The Morgan fingerprint density at radius 2 is 1.61 bits per heavy atom. The summed E-state index contributed by atoms with van der Waals surface area (Å²) in [5, 5.41) is 12.6. The van der Waals surface area contributed by atoms with Crippen molar-refractivity contribution in [3.8, 4) is 5.75 Å². The average Bonchev–Trinajstić information content (AvgIpc) is 3.94. The summed E-state index contributed by atoms with van der Waals surface area (Å²) in [6.07, 6.45) is 3.76. The fourth-order valence-electron chi connectivity index (χ4n) is 6.77. The Bertz CT molecular complexity index is 1710. The second kappa shape index (κ2) is 15.3. The van der Waals surface area contributed by atoms with Gasteiger partial charge in [-0.05, 0) is 72.9 Å². The van der Waals surface area contributed by atoms with Crippen LogP contribution in [0, 0.1) is 17.5 Å². The topological polar surface area (TPSA) is 99.2 Å². The molecule has 0 aromatic heterocycles. The molecule has 2 heterocycles. The van der Waals surface area contributed by atoms with E-state index in [9.17, 15) is 27.6 Å². The Morgan fingerprint density at radius 3 is 2.33 bits per heavy atom. The molecule has 1 saturated carbocycles. The number of hydrogen-bond donors (Lipinski definition) is 2. The third-order valence-corrected chi connectivity index (χ3v) is 9.37. The van der Waals surface area contributed by atoms with Gasteiger partial charge < -0.3 is 25.0 Å². The van der Waals surface area contributed by atoms with Gasteiger partial charge in [0, 0.05) is 50.1 Å². The molecule has 2 fully saturated rings. The van der Waals surface area contributed by atoms with E-state index in [1.807, 2.05) is 59.5 Å². The Labute approximate surface area is 283 Å². The number of aliphatic carboxylic acids is 1. The van der Waals surface area contributed by atoms with Crippen LogP contribution in [0.1, 0.15) is 61.6 Å². The molecule has 1 saturated heterocycles. The van der Waals surface area contributed by atoms with Gasteiger partial charge in [-0.15, -0.1) is 0 Å². The van der Waals surface area contributed by atoms with Crippen molar-refractivity contribution in [2.75, 3.05) is 19.7 Å². The third kappa shape index (κ3) is 8.33. The number of benzene rings is 3. The summed E-state index contributed by atoms with van der Waals surface area (Å²) in [5.41, 5.74) is 4.53. The molecule has 11 heteroatoms. The molecule has 258 valence electrons. The van der Waals surface area contributed by atoms with E-state index in [0.717, 1.165) is 47.2 Å². The maximum absolute atomic E-state index is 14.6. The minimum absolute atomic E-state index is 0.00181. The van der Waals surface area contributed by atoms with Crippen molar-refractivity contribution >= 4 is 23.4 Å². The number of nitrogens with one attached hydrogen (secondary N) is 1. The van der Waals surface area contributed by atoms with Crippen LogP contribution >= 0.6 is 0 Å². The second-order valence-electron chi connectivity index (χ2n) is 13.0. The van der Waals surface area contributed by atoms with Gasteiger partial charge in [-0.2, -0.15) is 4.39 Å². The summed E-state index contributed by atoms with van der Waals surface area (Å²) >= 11 is 0. The summed E-state index contributed by atoms with van der Waals surface area (Å²) in [7, 11) is 0. The number of aryl methyl sites for hydroxylation is 1. The first-order chi connectivity index (χ1) is 23.7. The predicted octanol–water partition coefficient (Wildman–Crippen LogP) is 5.89. The lowest BCUT2D eigenvalue weighted by atomic mass is 9.82. The molecule has 2 bridgehead atoms. The number of rotatable bonds is 14. The van der Waals surface area contributed by atoms with E-state index < -0.39 is 29.2 Å². The lowest BCUT2D eigenvalue weighted by molar-refractivity contribution is -0.138. The van der Waals surface area contributed by atoms with Crippen LogP contribution in [0.5, 0.6) is 5.75 Å². The molecule has 3 aliphatic rings. The minimum Gasteiger partial charge on any atom is -0.488 e. The van der Waals surface area contributed by atoms with Gasteiger partial charge in [-0.25, -0.2) is 8.78 Å². The molecular weight excluding hydrogens is 635 g/mol. The molecule has 1 aliphatic carbocycles. The zero-order valence-electron chi connectivity index (χ0n) is 27.2. The Kier molecular flexibility index (Phi) is 10.7. The van der Waals surface area contributed by atoms with Crippen LogP contribution in [0.4, 0.5) is 13.2 Å². The number of piperazine rings is 1. The van der Waals surface area contributed by atoms with E-state index in [0.29, 0.717) is 44.5 Å². The number of carboxylic acid groups (broad SMARTS) is 1. The lowest BCUT2D eigenvalue weighted by Gasteiger charge is -2.45. The van der Waals surface area contributed by atoms with Gasteiger partial charge >= 0.3 is 5.97 Å². The first-order valence-electron chi connectivity index (χ1n) is 16.9. The van der Waals surface area contributed by atoms with E-state index >= 15 is 0 Å². The summed E-state index contributed by atoms with van der Waals surface area (Å²) in [4.78, 5) is 42.5. The molecule has 49 heavy (non-hydrogen) atoms. The number of amides is 2. The maximum atomic E-state index is 14.6. The SMILES string of the molecule is O=C(O)CCCC(=O)N1C[C@H]2CC(c3ccc(CCCOc4c(F)ccc(F)c4F)cc3)=C(C(=O)N(Cc3ccccc3)C3CC3)[C@@H](C1)N2. The zero-order valence-corrected chi connectivity index (χ0v) is 27.2. The van der Waals surface area contributed by atoms with E-state index in [2.05, 4.69) is 5.32 Å². The molecule has 3 aromatic carbocycles. The number of hydrogen-bond acceptors (Lipinski definition) is 5. The van der Waals surface area contributed by atoms with Crippen LogP contribution in [-0.4, -0.2) is 70.5 Å². The number of carbonyl (C=O) groups excluding carboxylic acids is 2. The third-order valence-electron chi connectivity index (χ3n) is 9.37. The minimum atomic E-state index is -1.34. The van der Waals surface area contributed by atoms with Crippen molar-refractivity contribution < 1.29 is 37.4 Å². The van der Waals surface area contributed by atoms with Crippen LogP contribution in [0.3, 0.4) is 0 Å².